The van der Waals surface area contributed by atoms with Gasteiger partial charge in [0.15, 0.2) is 0 Å². The Labute approximate surface area is 473 Å². The van der Waals surface area contributed by atoms with Crippen molar-refractivity contribution in [3.8, 4) is 0 Å². The Morgan fingerprint density at radius 2 is 0.987 bits per heavy atom. The summed E-state index contributed by atoms with van der Waals surface area (Å²) < 4.78 is 16.2. The van der Waals surface area contributed by atoms with Gasteiger partial charge in [-0.1, -0.05) is 81.4 Å². The number of nitrogens with one attached hydrogen (secondary N) is 3. The molecule has 0 unspecified atom stereocenters. The van der Waals surface area contributed by atoms with Crippen LogP contribution in [0.15, 0.2) is 12.2 Å². The first kappa shape index (κ1) is 73.2. The lowest BCUT2D eigenvalue weighted by atomic mass is 9.91. The van der Waals surface area contributed by atoms with Crippen molar-refractivity contribution in [1.29, 1.82) is 0 Å². The van der Waals surface area contributed by atoms with E-state index in [1.807, 2.05) is 67.5 Å². The lowest BCUT2D eigenvalue weighted by Crippen LogP contribution is -2.63. The van der Waals surface area contributed by atoms with Gasteiger partial charge in [-0.25, -0.2) is 4.79 Å². The van der Waals surface area contributed by atoms with Gasteiger partial charge in [-0.05, 0) is 103 Å². The number of rotatable bonds is 31. The van der Waals surface area contributed by atoms with Crippen LogP contribution in [-0.4, -0.2) is 212 Å². The Morgan fingerprint density at radius 1 is 0.532 bits per heavy atom. The summed E-state index contributed by atoms with van der Waals surface area (Å²) in [6, 6.07) is -9.09. The highest BCUT2D eigenvalue weighted by Crippen LogP contribution is 2.26. The molecule has 0 saturated carbocycles. The van der Waals surface area contributed by atoms with Crippen molar-refractivity contribution >= 4 is 59.3 Å². The third-order valence-corrected chi connectivity index (χ3v) is 13.8. The molecule has 0 aliphatic rings. The predicted molar refractivity (Wildman–Crippen MR) is 304 cm³/mol. The van der Waals surface area contributed by atoms with Crippen LogP contribution in [0.5, 0.6) is 0 Å². The minimum absolute atomic E-state index is 0.000647. The van der Waals surface area contributed by atoms with Crippen LogP contribution in [0, 0.1) is 29.6 Å². The fraction of sp³-hybridized carbons (Fsp3) is 0.789. The summed E-state index contributed by atoms with van der Waals surface area (Å²) >= 11 is 0. The molecule has 0 aliphatic heterocycles. The summed E-state index contributed by atoms with van der Waals surface area (Å²) in [5, 5.41) is 8.13. The molecule has 0 radical (unpaired) electrons. The zero-order chi connectivity index (χ0) is 61.7. The molecule has 0 fully saturated rings. The number of amides is 9. The molecule has 0 heterocycles. The van der Waals surface area contributed by atoms with Crippen molar-refractivity contribution in [2.24, 2.45) is 29.6 Å². The normalized spacial score (nSPS) is 15.6. The van der Waals surface area contributed by atoms with E-state index in [9.17, 15) is 38.4 Å². The van der Waals surface area contributed by atoms with Crippen LogP contribution >= 0.6 is 0 Å². The molecule has 0 rings (SSSR count). The molecule has 10 atom stereocenters. The Balaban J connectivity index is 7.04. The number of hydrogen-bond acceptors (Lipinski definition) is 13. The van der Waals surface area contributed by atoms with Crippen LogP contribution in [0.1, 0.15) is 143 Å². The quantitative estimate of drug-likeness (QED) is 0.0641. The van der Waals surface area contributed by atoms with E-state index in [-0.39, 0.29) is 55.9 Å². The largest absolute Gasteiger partial charge is 0.468 e. The van der Waals surface area contributed by atoms with Gasteiger partial charge in [0.05, 0.1) is 13.2 Å². The summed E-state index contributed by atoms with van der Waals surface area (Å²) in [7, 11) is 11.4. The molecular weight excluding hydrogens is 1020 g/mol. The van der Waals surface area contributed by atoms with E-state index >= 15 is 9.59 Å². The molecule has 0 bridgehead atoms. The van der Waals surface area contributed by atoms with E-state index in [1.165, 1.54) is 94.9 Å². The van der Waals surface area contributed by atoms with Gasteiger partial charge in [0.1, 0.15) is 60.5 Å². The van der Waals surface area contributed by atoms with Gasteiger partial charge < -0.3 is 54.7 Å². The lowest BCUT2D eigenvalue weighted by molar-refractivity contribution is -0.158. The lowest BCUT2D eigenvalue weighted by Gasteiger charge is -2.42. The molecule has 9 amide bonds. The van der Waals surface area contributed by atoms with Gasteiger partial charge in [-0.15, -0.1) is 0 Å². The van der Waals surface area contributed by atoms with E-state index in [1.54, 1.807) is 41.5 Å². The summed E-state index contributed by atoms with van der Waals surface area (Å²) in [6.45, 7) is 28.0. The molecule has 79 heavy (non-hydrogen) atoms. The molecular formula is C57H103N9O13. The standard InChI is InChI=1S/C57H103N9O13/c1-25-27-28-37(11)47(78-24)46(50(70)60-40(26-2)52(72)61(17)32-44(67)77-23)66(22)55(75)45(36(9)10)65(21)54(74)43(31-35(7)8)63(19)53(73)42(30-34(5)6)62(18)51(71)39(13)59-48(68)38(12)58-49(69)41(29-33(3)4)64(20)56(76)79-57(14,15)16/h25,27,33-43,45-47H,26,28-32H2,1-24H3,(H,58,69)(H,59,68)(H,60,70)/b27-25+/t37-,38+,39-,40+,41-,42+,43+,45+,46+,47-/m1/s1. The van der Waals surface area contributed by atoms with Crippen molar-refractivity contribution in [2.45, 2.75) is 203 Å². The number of nitrogens with zero attached hydrogens (tertiary/aromatic N) is 6. The van der Waals surface area contributed by atoms with Crippen LogP contribution in [0.25, 0.3) is 0 Å². The zero-order valence-electron chi connectivity index (χ0n) is 52.5. The molecule has 3 N–H and O–H groups in total. The van der Waals surface area contributed by atoms with Crippen molar-refractivity contribution in [3.05, 3.63) is 12.2 Å². The van der Waals surface area contributed by atoms with Gasteiger partial charge in [-0.2, -0.15) is 0 Å². The smallest absolute Gasteiger partial charge is 0.410 e. The Morgan fingerprint density at radius 3 is 1.42 bits per heavy atom. The highest BCUT2D eigenvalue weighted by atomic mass is 16.6. The van der Waals surface area contributed by atoms with Crippen molar-refractivity contribution in [3.63, 3.8) is 0 Å². The molecule has 0 aromatic rings. The van der Waals surface area contributed by atoms with Crippen molar-refractivity contribution < 1.29 is 62.2 Å². The van der Waals surface area contributed by atoms with Gasteiger partial charge >= 0.3 is 12.1 Å². The molecule has 0 aromatic heterocycles. The first-order chi connectivity index (χ1) is 36.4. The summed E-state index contributed by atoms with van der Waals surface area (Å²) in [5.41, 5.74) is -0.809. The van der Waals surface area contributed by atoms with Crippen molar-refractivity contribution in [1.82, 2.24) is 45.3 Å². The summed E-state index contributed by atoms with van der Waals surface area (Å²) in [4.78, 5) is 147. The maximum Gasteiger partial charge on any atom is 0.410 e. The molecule has 0 saturated heterocycles. The molecule has 0 aliphatic carbocycles. The molecule has 22 nitrogen and oxygen atoms in total. The van der Waals surface area contributed by atoms with Crippen LogP contribution < -0.4 is 16.0 Å². The maximum absolute atomic E-state index is 15.1. The Hall–Kier alpha value is -5.80. The molecule has 22 heteroatoms. The van der Waals surface area contributed by atoms with E-state index in [2.05, 4.69) is 16.0 Å². The van der Waals surface area contributed by atoms with Crippen molar-refractivity contribution in [2.75, 3.05) is 63.1 Å². The predicted octanol–water partition coefficient (Wildman–Crippen LogP) is 4.48. The van der Waals surface area contributed by atoms with Gasteiger partial charge in [0, 0.05) is 49.4 Å². The second kappa shape index (κ2) is 33.7. The van der Waals surface area contributed by atoms with E-state index < -0.39 is 125 Å². The summed E-state index contributed by atoms with van der Waals surface area (Å²) in [6.07, 6.45) is 3.42. The number of hydrogen-bond donors (Lipinski definition) is 3. The third kappa shape index (κ3) is 22.7. The number of allylic oxidation sites excluding steroid dienone is 2. The Bertz CT molecular complexity index is 2080. The zero-order valence-corrected chi connectivity index (χ0v) is 52.5. The fourth-order valence-electron chi connectivity index (χ4n) is 9.23. The van der Waals surface area contributed by atoms with Crippen LogP contribution in [0.4, 0.5) is 4.79 Å². The van der Waals surface area contributed by atoms with E-state index in [4.69, 9.17) is 14.2 Å². The van der Waals surface area contributed by atoms with E-state index in [0.717, 1.165) is 4.90 Å². The number of carbonyl (C=O) groups excluding carboxylic acids is 10. The average molecular weight is 1120 g/mol. The number of likely N-dealkylation sites (N-methyl/N-ethyl adjacent to an activating group) is 6. The topological polar surface area (TPSA) is 254 Å². The second-order valence-electron chi connectivity index (χ2n) is 23.6. The minimum Gasteiger partial charge on any atom is -0.468 e. The van der Waals surface area contributed by atoms with Gasteiger partial charge in [-0.3, -0.25) is 48.1 Å². The van der Waals surface area contributed by atoms with Crippen LogP contribution in [0.2, 0.25) is 0 Å². The highest BCUT2D eigenvalue weighted by molar-refractivity contribution is 5.98. The first-order valence-electron chi connectivity index (χ1n) is 27.8. The highest BCUT2D eigenvalue weighted by Gasteiger charge is 2.45. The minimum atomic E-state index is -1.31. The molecule has 0 spiro atoms. The molecule has 0 aromatic carbocycles. The number of carbonyl (C=O) groups is 10. The number of ether oxygens (including phenoxy) is 3. The maximum atomic E-state index is 15.1. The molecule has 454 valence electrons. The fourth-order valence-corrected chi connectivity index (χ4v) is 9.23. The second-order valence-corrected chi connectivity index (χ2v) is 23.6. The number of esters is 1. The average Bonchev–Trinajstić information content (AvgIpc) is 3.35. The van der Waals surface area contributed by atoms with Crippen LogP contribution in [0.3, 0.4) is 0 Å². The monoisotopic (exact) mass is 1120 g/mol. The Kier molecular flexibility index (Phi) is 31.2. The van der Waals surface area contributed by atoms with Crippen LogP contribution in [-0.2, 0) is 57.4 Å². The number of methoxy groups -OCH3 is 2. The SMILES string of the molecule is C/C=C/C[C@@H](C)[C@@H](OC)[C@@H](C(=O)N[C@@H](CC)C(=O)N(C)CC(=O)OC)N(C)C(=O)[C@H](C(C)C)N(C)C(=O)[C@H](CC(C)C)N(C)C(=O)[C@H](CC(C)C)N(C)C(=O)[C@@H](C)NC(=O)[C@H](C)NC(=O)[C@@H](CC(C)C)N(C)C(=O)OC(C)(C)C. The first-order valence-corrected chi connectivity index (χ1v) is 27.8. The van der Waals surface area contributed by atoms with Gasteiger partial charge in [0.25, 0.3) is 0 Å². The van der Waals surface area contributed by atoms with Gasteiger partial charge in [0.2, 0.25) is 47.3 Å². The summed E-state index contributed by atoms with van der Waals surface area (Å²) in [5.74, 6) is -6.64. The van der Waals surface area contributed by atoms with E-state index in [0.29, 0.717) is 6.42 Å². The third-order valence-electron chi connectivity index (χ3n) is 13.8.